The summed E-state index contributed by atoms with van der Waals surface area (Å²) in [5.41, 5.74) is 2.21. The highest BCUT2D eigenvalue weighted by Crippen LogP contribution is 2.19. The molecule has 0 saturated carbocycles. The summed E-state index contributed by atoms with van der Waals surface area (Å²) in [6, 6.07) is 20.1. The summed E-state index contributed by atoms with van der Waals surface area (Å²) in [6.07, 6.45) is 2.99. The molecule has 0 bridgehead atoms. The van der Waals surface area contributed by atoms with Gasteiger partial charge in [-0.1, -0.05) is 44.2 Å². The first-order chi connectivity index (χ1) is 15.3. The number of nitrogens with one attached hydrogen (secondary N) is 2. The van der Waals surface area contributed by atoms with Crippen LogP contribution in [0.1, 0.15) is 30.9 Å². The topological polar surface area (TPSA) is 112 Å². The van der Waals surface area contributed by atoms with Gasteiger partial charge >= 0.3 is 0 Å². The zero-order valence-electron chi connectivity index (χ0n) is 17.6. The van der Waals surface area contributed by atoms with Crippen LogP contribution in [-0.2, 0) is 14.8 Å². The van der Waals surface area contributed by atoms with E-state index in [1.807, 2.05) is 30.3 Å². The SMILES string of the molecule is CC(C)c1ccc(/C=C(\C#N)C(=O)Nc2ccc(S(=O)(=O)Nc3ccccn3)cc2)cc1. The van der Waals surface area contributed by atoms with Crippen molar-refractivity contribution in [2.45, 2.75) is 24.7 Å². The number of benzene rings is 2. The van der Waals surface area contributed by atoms with Gasteiger partial charge in [-0.2, -0.15) is 5.26 Å². The molecule has 0 spiro atoms. The number of hydrogen-bond acceptors (Lipinski definition) is 5. The summed E-state index contributed by atoms with van der Waals surface area (Å²) < 4.78 is 27.3. The first-order valence-corrected chi connectivity index (χ1v) is 11.3. The molecular formula is C24H22N4O3S. The highest BCUT2D eigenvalue weighted by Gasteiger charge is 2.15. The number of nitrogens with zero attached hydrogens (tertiary/aromatic N) is 2. The summed E-state index contributed by atoms with van der Waals surface area (Å²) in [7, 11) is -3.82. The Balaban J connectivity index is 1.71. The molecule has 1 heterocycles. The zero-order valence-corrected chi connectivity index (χ0v) is 18.4. The lowest BCUT2D eigenvalue weighted by molar-refractivity contribution is -0.112. The van der Waals surface area contributed by atoms with E-state index in [-0.39, 0.29) is 16.3 Å². The Morgan fingerprint density at radius 1 is 1.03 bits per heavy atom. The Morgan fingerprint density at radius 3 is 2.28 bits per heavy atom. The highest BCUT2D eigenvalue weighted by atomic mass is 32.2. The Bertz CT molecular complexity index is 1260. The van der Waals surface area contributed by atoms with Crippen molar-refractivity contribution in [2.75, 3.05) is 10.0 Å². The third kappa shape index (κ3) is 5.80. The number of sulfonamides is 1. The van der Waals surface area contributed by atoms with Crippen molar-refractivity contribution < 1.29 is 13.2 Å². The summed E-state index contributed by atoms with van der Waals surface area (Å²) >= 11 is 0. The maximum atomic E-state index is 12.5. The third-order valence-electron chi connectivity index (χ3n) is 4.61. The molecule has 1 aromatic heterocycles. The van der Waals surface area contributed by atoms with Gasteiger partial charge in [0.2, 0.25) is 0 Å². The van der Waals surface area contributed by atoms with Crippen LogP contribution in [0.5, 0.6) is 0 Å². The van der Waals surface area contributed by atoms with Crippen LogP contribution in [0.3, 0.4) is 0 Å². The molecule has 0 radical (unpaired) electrons. The Kier molecular flexibility index (Phi) is 7.03. The number of hydrogen-bond donors (Lipinski definition) is 2. The van der Waals surface area contributed by atoms with E-state index in [2.05, 4.69) is 28.9 Å². The lowest BCUT2D eigenvalue weighted by atomic mass is 10.0. The molecule has 1 amide bonds. The largest absolute Gasteiger partial charge is 0.321 e. The Hall–Kier alpha value is -3.96. The number of nitriles is 1. The van der Waals surface area contributed by atoms with Crippen molar-refractivity contribution in [1.82, 2.24) is 4.98 Å². The molecule has 3 rings (SSSR count). The van der Waals surface area contributed by atoms with Gasteiger partial charge in [0.15, 0.2) is 0 Å². The fourth-order valence-electron chi connectivity index (χ4n) is 2.83. The van der Waals surface area contributed by atoms with Crippen LogP contribution in [0, 0.1) is 11.3 Å². The fourth-order valence-corrected chi connectivity index (χ4v) is 3.84. The number of carbonyl (C=O) groups is 1. The number of amides is 1. The van der Waals surface area contributed by atoms with Gasteiger partial charge in [-0.3, -0.25) is 9.52 Å². The molecule has 8 heteroatoms. The molecule has 0 atom stereocenters. The van der Waals surface area contributed by atoms with Gasteiger partial charge in [0.1, 0.15) is 17.5 Å². The second kappa shape index (κ2) is 9.90. The Labute approximate surface area is 187 Å². The molecule has 0 fully saturated rings. The predicted molar refractivity (Wildman–Crippen MR) is 124 cm³/mol. The maximum absolute atomic E-state index is 12.5. The van der Waals surface area contributed by atoms with Crippen molar-refractivity contribution in [2.24, 2.45) is 0 Å². The van der Waals surface area contributed by atoms with Crippen LogP contribution in [0.15, 0.2) is 83.4 Å². The zero-order chi connectivity index (χ0) is 23.1. The molecule has 0 aliphatic carbocycles. The van der Waals surface area contributed by atoms with Gasteiger partial charge in [-0.05, 0) is 59.5 Å². The average molecular weight is 447 g/mol. The first kappa shape index (κ1) is 22.7. The van der Waals surface area contributed by atoms with Gasteiger partial charge in [-0.15, -0.1) is 0 Å². The molecule has 7 nitrogen and oxygen atoms in total. The lowest BCUT2D eigenvalue weighted by Gasteiger charge is -2.09. The summed E-state index contributed by atoms with van der Waals surface area (Å²) in [5, 5.41) is 12.0. The van der Waals surface area contributed by atoms with Crippen molar-refractivity contribution in [3.8, 4) is 6.07 Å². The van der Waals surface area contributed by atoms with E-state index in [1.54, 1.807) is 12.1 Å². The van der Waals surface area contributed by atoms with Crippen LogP contribution >= 0.6 is 0 Å². The predicted octanol–water partition coefficient (Wildman–Crippen LogP) is 4.55. The summed E-state index contributed by atoms with van der Waals surface area (Å²) in [5.74, 6) is 0.00969. The minimum Gasteiger partial charge on any atom is -0.321 e. The first-order valence-electron chi connectivity index (χ1n) is 9.85. The average Bonchev–Trinajstić information content (AvgIpc) is 2.78. The van der Waals surface area contributed by atoms with E-state index in [4.69, 9.17) is 0 Å². The van der Waals surface area contributed by atoms with Crippen LogP contribution in [0.2, 0.25) is 0 Å². The van der Waals surface area contributed by atoms with Crippen molar-refractivity contribution in [3.63, 3.8) is 0 Å². The van der Waals surface area contributed by atoms with Crippen LogP contribution in [0.4, 0.5) is 11.5 Å². The summed E-state index contributed by atoms with van der Waals surface area (Å²) in [4.78, 5) is 16.5. The third-order valence-corrected chi connectivity index (χ3v) is 5.98. The highest BCUT2D eigenvalue weighted by molar-refractivity contribution is 7.92. The molecule has 0 unspecified atom stereocenters. The van der Waals surface area contributed by atoms with Gasteiger partial charge < -0.3 is 5.32 Å². The normalized spacial score (nSPS) is 11.6. The van der Waals surface area contributed by atoms with E-state index < -0.39 is 15.9 Å². The monoisotopic (exact) mass is 446 g/mol. The van der Waals surface area contributed by atoms with Gasteiger partial charge in [-0.25, -0.2) is 13.4 Å². The van der Waals surface area contributed by atoms with E-state index in [0.29, 0.717) is 11.6 Å². The second-order valence-corrected chi connectivity index (χ2v) is 8.97. The van der Waals surface area contributed by atoms with Crippen LogP contribution < -0.4 is 10.0 Å². The molecule has 0 aliphatic heterocycles. The smallest absolute Gasteiger partial charge is 0.266 e. The molecule has 0 saturated heterocycles. The van der Waals surface area contributed by atoms with E-state index >= 15 is 0 Å². The number of anilines is 2. The molecule has 2 N–H and O–H groups in total. The molecule has 162 valence electrons. The number of aromatic nitrogens is 1. The lowest BCUT2D eigenvalue weighted by Crippen LogP contribution is -2.15. The molecule has 32 heavy (non-hydrogen) atoms. The standard InChI is InChI=1S/C24H22N4O3S/c1-17(2)19-8-6-18(7-9-19)15-20(16-25)24(29)27-21-10-12-22(13-11-21)32(30,31)28-23-5-3-4-14-26-23/h3-15,17H,1-2H3,(H,26,28)(H,27,29)/b20-15+. The molecule has 2 aromatic carbocycles. The van der Waals surface area contributed by atoms with Gasteiger partial charge in [0.25, 0.3) is 15.9 Å². The van der Waals surface area contributed by atoms with Crippen molar-refractivity contribution in [3.05, 3.63) is 89.6 Å². The van der Waals surface area contributed by atoms with Crippen LogP contribution in [-0.4, -0.2) is 19.3 Å². The van der Waals surface area contributed by atoms with Gasteiger partial charge in [0, 0.05) is 11.9 Å². The fraction of sp³-hybridized carbons (Fsp3) is 0.125. The number of carbonyl (C=O) groups excluding carboxylic acids is 1. The van der Waals surface area contributed by atoms with Crippen molar-refractivity contribution >= 4 is 33.5 Å². The van der Waals surface area contributed by atoms with Crippen molar-refractivity contribution in [1.29, 1.82) is 5.26 Å². The molecule has 0 aliphatic rings. The van der Waals surface area contributed by atoms with E-state index in [0.717, 1.165) is 11.1 Å². The minimum atomic E-state index is -3.82. The summed E-state index contributed by atoms with van der Waals surface area (Å²) in [6.45, 7) is 4.17. The Morgan fingerprint density at radius 2 is 1.72 bits per heavy atom. The maximum Gasteiger partial charge on any atom is 0.266 e. The number of rotatable bonds is 7. The van der Waals surface area contributed by atoms with E-state index in [9.17, 15) is 18.5 Å². The number of pyridine rings is 1. The van der Waals surface area contributed by atoms with E-state index in [1.165, 1.54) is 42.6 Å². The molecule has 3 aromatic rings. The van der Waals surface area contributed by atoms with Gasteiger partial charge in [0.05, 0.1) is 4.90 Å². The minimum absolute atomic E-state index is 0.0162. The second-order valence-electron chi connectivity index (χ2n) is 7.29. The van der Waals surface area contributed by atoms with Crippen LogP contribution in [0.25, 0.3) is 6.08 Å². The quantitative estimate of drug-likeness (QED) is 0.408. The molecular weight excluding hydrogens is 424 g/mol.